The van der Waals surface area contributed by atoms with E-state index in [2.05, 4.69) is 19.2 Å². The fourth-order valence-electron chi connectivity index (χ4n) is 1.07. The van der Waals surface area contributed by atoms with Crippen LogP contribution in [0.4, 0.5) is 0 Å². The van der Waals surface area contributed by atoms with Gasteiger partial charge in [-0.3, -0.25) is 4.79 Å². The molecule has 1 atom stereocenters. The lowest BCUT2D eigenvalue weighted by atomic mass is 10.2. The van der Waals surface area contributed by atoms with Crippen molar-refractivity contribution >= 4 is 17.7 Å². The normalized spacial score (nSPS) is 12.9. The molecule has 0 spiro atoms. The zero-order chi connectivity index (χ0) is 11.7. The number of methoxy groups -OCH3 is 1. The number of hydrogen-bond donors (Lipinski definition) is 2. The average Bonchev–Trinajstić information content (AvgIpc) is 2.15. The first-order chi connectivity index (χ1) is 7.10. The summed E-state index contributed by atoms with van der Waals surface area (Å²) in [5.41, 5.74) is 0. The number of nitrogens with one attached hydrogen (secondary N) is 1. The van der Waals surface area contributed by atoms with Crippen molar-refractivity contribution in [2.45, 2.75) is 31.6 Å². The van der Waals surface area contributed by atoms with E-state index in [9.17, 15) is 4.79 Å². The molecule has 0 aliphatic carbocycles. The van der Waals surface area contributed by atoms with Gasteiger partial charge in [0.05, 0.1) is 18.4 Å². The summed E-state index contributed by atoms with van der Waals surface area (Å²) in [5, 5.41) is 12.1. The van der Waals surface area contributed by atoms with E-state index < -0.39 is 0 Å². The lowest BCUT2D eigenvalue weighted by molar-refractivity contribution is -0.119. The molecule has 0 saturated carbocycles. The molecule has 0 aromatic rings. The van der Waals surface area contributed by atoms with Crippen molar-refractivity contribution in [3.05, 3.63) is 0 Å². The standard InChI is InChI=1S/C10H21NO3S/c1-8(2)15-7-10(13)11-9(4-5-12)6-14-3/h8-9,12H,4-7H2,1-3H3,(H,11,13). The Morgan fingerprint density at radius 1 is 1.53 bits per heavy atom. The smallest absolute Gasteiger partial charge is 0.230 e. The van der Waals surface area contributed by atoms with Crippen molar-refractivity contribution in [2.24, 2.45) is 0 Å². The minimum atomic E-state index is -0.0831. The third-order valence-electron chi connectivity index (χ3n) is 1.76. The molecule has 4 nitrogen and oxygen atoms in total. The predicted octanol–water partition coefficient (Wildman–Crippen LogP) is 0.642. The molecule has 5 heteroatoms. The van der Waals surface area contributed by atoms with Gasteiger partial charge in [0.2, 0.25) is 5.91 Å². The number of carbonyl (C=O) groups excluding carboxylic acids is 1. The van der Waals surface area contributed by atoms with Crippen LogP contribution in [-0.2, 0) is 9.53 Å². The summed E-state index contributed by atoms with van der Waals surface area (Å²) in [6.07, 6.45) is 0.534. The van der Waals surface area contributed by atoms with Crippen LogP contribution in [-0.4, -0.2) is 48.4 Å². The third kappa shape index (κ3) is 8.72. The maximum Gasteiger partial charge on any atom is 0.230 e. The second kappa shape index (κ2) is 9.00. The first-order valence-corrected chi connectivity index (χ1v) is 6.15. The van der Waals surface area contributed by atoms with Gasteiger partial charge < -0.3 is 15.2 Å². The van der Waals surface area contributed by atoms with Gasteiger partial charge in [0, 0.05) is 13.7 Å². The highest BCUT2D eigenvalue weighted by atomic mass is 32.2. The van der Waals surface area contributed by atoms with Gasteiger partial charge in [0.1, 0.15) is 0 Å². The third-order valence-corrected chi connectivity index (χ3v) is 2.85. The second-order valence-corrected chi connectivity index (χ2v) is 5.16. The maximum absolute atomic E-state index is 11.4. The lowest BCUT2D eigenvalue weighted by Crippen LogP contribution is -2.39. The highest BCUT2D eigenvalue weighted by Gasteiger charge is 2.11. The summed E-state index contributed by atoms with van der Waals surface area (Å²) < 4.78 is 4.95. The number of hydrogen-bond acceptors (Lipinski definition) is 4. The Bertz CT molecular complexity index is 170. The number of aliphatic hydroxyl groups excluding tert-OH is 1. The molecule has 0 rings (SSSR count). The Hall–Kier alpha value is -0.260. The lowest BCUT2D eigenvalue weighted by Gasteiger charge is -2.16. The topological polar surface area (TPSA) is 58.6 Å². The summed E-state index contributed by atoms with van der Waals surface area (Å²) in [6.45, 7) is 4.61. The molecule has 1 unspecified atom stereocenters. The van der Waals surface area contributed by atoms with Gasteiger partial charge in [-0.25, -0.2) is 0 Å². The molecule has 0 radical (unpaired) electrons. The van der Waals surface area contributed by atoms with Crippen LogP contribution in [0.15, 0.2) is 0 Å². The highest BCUT2D eigenvalue weighted by Crippen LogP contribution is 2.08. The van der Waals surface area contributed by atoms with Gasteiger partial charge in [-0.2, -0.15) is 0 Å². The first kappa shape index (κ1) is 14.7. The fraction of sp³-hybridized carbons (Fsp3) is 0.900. The zero-order valence-corrected chi connectivity index (χ0v) is 10.5. The van der Waals surface area contributed by atoms with E-state index in [4.69, 9.17) is 9.84 Å². The Morgan fingerprint density at radius 3 is 2.67 bits per heavy atom. The molecule has 0 aliphatic rings. The van der Waals surface area contributed by atoms with Crippen molar-refractivity contribution in [3.63, 3.8) is 0 Å². The highest BCUT2D eigenvalue weighted by molar-refractivity contribution is 8.00. The summed E-state index contributed by atoms with van der Waals surface area (Å²) in [5.74, 6) is 0.466. The Labute approximate surface area is 95.8 Å². The Morgan fingerprint density at radius 2 is 2.20 bits per heavy atom. The predicted molar refractivity (Wildman–Crippen MR) is 63.1 cm³/mol. The molecule has 1 amide bonds. The molecule has 0 aliphatic heterocycles. The van der Waals surface area contributed by atoms with E-state index >= 15 is 0 Å². The van der Waals surface area contributed by atoms with Gasteiger partial charge in [0.25, 0.3) is 0 Å². The van der Waals surface area contributed by atoms with Crippen LogP contribution in [0.5, 0.6) is 0 Å². The van der Waals surface area contributed by atoms with Gasteiger partial charge >= 0.3 is 0 Å². The van der Waals surface area contributed by atoms with E-state index in [0.29, 0.717) is 24.0 Å². The fourth-order valence-corrected chi connectivity index (χ4v) is 1.63. The molecule has 0 bridgehead atoms. The Kier molecular flexibility index (Phi) is 8.85. The van der Waals surface area contributed by atoms with Crippen LogP contribution in [0.1, 0.15) is 20.3 Å². The SMILES string of the molecule is COCC(CCO)NC(=O)CSC(C)C. The molecule has 90 valence electrons. The zero-order valence-electron chi connectivity index (χ0n) is 9.66. The molecule has 15 heavy (non-hydrogen) atoms. The number of ether oxygens (including phenoxy) is 1. The first-order valence-electron chi connectivity index (χ1n) is 5.11. The van der Waals surface area contributed by atoms with Gasteiger partial charge in [0.15, 0.2) is 0 Å². The van der Waals surface area contributed by atoms with E-state index in [1.54, 1.807) is 18.9 Å². The minimum Gasteiger partial charge on any atom is -0.396 e. The van der Waals surface area contributed by atoms with Crippen molar-refractivity contribution in [1.29, 1.82) is 0 Å². The number of rotatable bonds is 8. The van der Waals surface area contributed by atoms with E-state index in [-0.39, 0.29) is 18.6 Å². The maximum atomic E-state index is 11.4. The van der Waals surface area contributed by atoms with Crippen LogP contribution in [0, 0.1) is 0 Å². The van der Waals surface area contributed by atoms with Gasteiger partial charge in [-0.15, -0.1) is 11.8 Å². The summed E-state index contributed by atoms with van der Waals surface area (Å²) in [7, 11) is 1.58. The average molecular weight is 235 g/mol. The van der Waals surface area contributed by atoms with Crippen LogP contribution >= 0.6 is 11.8 Å². The Balaban J connectivity index is 3.77. The molecule has 2 N–H and O–H groups in total. The van der Waals surface area contributed by atoms with Crippen LogP contribution in [0.3, 0.4) is 0 Å². The molecule has 0 saturated heterocycles. The number of carbonyl (C=O) groups is 1. The van der Waals surface area contributed by atoms with Crippen LogP contribution < -0.4 is 5.32 Å². The van der Waals surface area contributed by atoms with Gasteiger partial charge in [-0.05, 0) is 11.7 Å². The van der Waals surface area contributed by atoms with Crippen LogP contribution in [0.25, 0.3) is 0 Å². The van der Waals surface area contributed by atoms with E-state index in [0.717, 1.165) is 0 Å². The summed E-state index contributed by atoms with van der Waals surface area (Å²) in [4.78, 5) is 11.4. The largest absolute Gasteiger partial charge is 0.396 e. The van der Waals surface area contributed by atoms with Crippen molar-refractivity contribution in [2.75, 3.05) is 26.1 Å². The molecule has 0 fully saturated rings. The van der Waals surface area contributed by atoms with Crippen LogP contribution in [0.2, 0.25) is 0 Å². The monoisotopic (exact) mass is 235 g/mol. The second-order valence-electron chi connectivity index (χ2n) is 3.59. The summed E-state index contributed by atoms with van der Waals surface area (Å²) in [6, 6.07) is -0.0831. The van der Waals surface area contributed by atoms with Crippen molar-refractivity contribution in [1.82, 2.24) is 5.32 Å². The van der Waals surface area contributed by atoms with Crippen molar-refractivity contribution in [3.8, 4) is 0 Å². The van der Waals surface area contributed by atoms with Crippen molar-refractivity contribution < 1.29 is 14.6 Å². The number of aliphatic hydroxyl groups is 1. The minimum absolute atomic E-state index is 0.00389. The van der Waals surface area contributed by atoms with Gasteiger partial charge in [-0.1, -0.05) is 13.8 Å². The quantitative estimate of drug-likeness (QED) is 0.648. The molecular formula is C10H21NO3S. The molecule has 0 heterocycles. The van der Waals surface area contributed by atoms with E-state index in [1.165, 1.54) is 0 Å². The molecule has 0 aromatic heterocycles. The molecule has 0 aromatic carbocycles. The molecular weight excluding hydrogens is 214 g/mol. The van der Waals surface area contributed by atoms with E-state index in [1.807, 2.05) is 0 Å². The number of thioether (sulfide) groups is 1. The summed E-state index contributed by atoms with van der Waals surface area (Å²) >= 11 is 1.60. The number of amides is 1.